The summed E-state index contributed by atoms with van der Waals surface area (Å²) in [5, 5.41) is 0. The third kappa shape index (κ3) is 5.72. The first-order valence-electron chi connectivity index (χ1n) is 11.1. The van der Waals surface area contributed by atoms with E-state index in [4.69, 9.17) is 18.9 Å². The number of aldehydes is 1. The number of rotatable bonds is 13. The summed E-state index contributed by atoms with van der Waals surface area (Å²) in [7, 11) is 2.09. The highest BCUT2D eigenvalue weighted by molar-refractivity contribution is 5.99. The van der Waals surface area contributed by atoms with Gasteiger partial charge in [-0.3, -0.25) is 24.0 Å². The Bertz CT molecular complexity index is 778. The number of hydrogen-bond donors (Lipinski definition) is 0. The van der Waals surface area contributed by atoms with E-state index in [0.717, 1.165) is 14.2 Å². The molecule has 12 nitrogen and oxygen atoms in total. The van der Waals surface area contributed by atoms with Crippen LogP contribution in [0.25, 0.3) is 0 Å². The maximum atomic E-state index is 13.0. The molecule has 34 heavy (non-hydrogen) atoms. The Morgan fingerprint density at radius 2 is 1.18 bits per heavy atom. The first-order chi connectivity index (χ1) is 16.1. The lowest BCUT2D eigenvalue weighted by atomic mass is 9.53. The van der Waals surface area contributed by atoms with Crippen molar-refractivity contribution in [3.8, 4) is 0 Å². The molecule has 0 aromatic heterocycles. The minimum absolute atomic E-state index is 0.196. The molecule has 0 spiro atoms. The Morgan fingerprint density at radius 1 is 0.735 bits per heavy atom. The number of ether oxygens (including phenoxy) is 4. The van der Waals surface area contributed by atoms with Crippen molar-refractivity contribution in [2.24, 2.45) is 17.8 Å². The van der Waals surface area contributed by atoms with Crippen molar-refractivity contribution in [1.82, 2.24) is 9.80 Å². The van der Waals surface area contributed by atoms with Crippen LogP contribution in [0, 0.1) is 17.8 Å². The molecule has 4 atom stereocenters. The maximum Gasteiger partial charge on any atom is 0.313 e. The van der Waals surface area contributed by atoms with Gasteiger partial charge in [0.05, 0.1) is 20.1 Å². The fourth-order valence-corrected chi connectivity index (χ4v) is 4.13. The van der Waals surface area contributed by atoms with Crippen molar-refractivity contribution >= 4 is 36.0 Å². The Morgan fingerprint density at radius 3 is 1.59 bits per heavy atom. The van der Waals surface area contributed by atoms with Crippen molar-refractivity contribution < 1.29 is 47.7 Å². The van der Waals surface area contributed by atoms with Crippen LogP contribution in [0.2, 0.25) is 0 Å². The summed E-state index contributed by atoms with van der Waals surface area (Å²) in [6.07, 6.45) is 0.196. The second kappa shape index (κ2) is 13.0. The van der Waals surface area contributed by atoms with Crippen LogP contribution >= 0.6 is 0 Å². The summed E-state index contributed by atoms with van der Waals surface area (Å²) < 4.78 is 20.1. The summed E-state index contributed by atoms with van der Waals surface area (Å²) in [5.74, 6) is -8.70. The van der Waals surface area contributed by atoms with Crippen molar-refractivity contribution in [2.75, 3.05) is 53.6 Å². The smallest absolute Gasteiger partial charge is 0.313 e. The number of carbonyl (C=O) groups is 6. The molecule has 0 aliphatic heterocycles. The molecule has 1 fully saturated rings. The minimum atomic E-state index is -2.22. The highest BCUT2D eigenvalue weighted by Crippen LogP contribution is 2.52. The lowest BCUT2D eigenvalue weighted by molar-refractivity contribution is -0.235. The summed E-state index contributed by atoms with van der Waals surface area (Å²) in [6.45, 7) is 7.25. The molecule has 3 unspecified atom stereocenters. The van der Waals surface area contributed by atoms with Gasteiger partial charge in [0.1, 0.15) is 18.4 Å². The van der Waals surface area contributed by atoms with Gasteiger partial charge < -0.3 is 33.5 Å². The van der Waals surface area contributed by atoms with Gasteiger partial charge in [-0.2, -0.15) is 0 Å². The molecule has 1 aliphatic rings. The van der Waals surface area contributed by atoms with Gasteiger partial charge in [-0.15, -0.1) is 0 Å². The van der Waals surface area contributed by atoms with Crippen LogP contribution < -0.4 is 0 Å². The molecule has 0 bridgehead atoms. The second-order valence-corrected chi connectivity index (χ2v) is 7.53. The van der Waals surface area contributed by atoms with Crippen LogP contribution in [0.4, 0.5) is 0 Å². The molecule has 0 saturated heterocycles. The Labute approximate surface area is 198 Å². The standard InChI is InChI=1S/C22H34N2O10/c1-7-23(8-2)14(26)11-33-21(30)18-16(19(28)31-5)17(20(29)32-6)22(18,13-25)34-12-15(27)24(9-3)10-4/h13,16-18H,7-12H2,1-6H3/t16?,17?,18-,22?/m1/s1. The van der Waals surface area contributed by atoms with Gasteiger partial charge in [-0.05, 0) is 27.7 Å². The number of hydrogen-bond acceptors (Lipinski definition) is 10. The van der Waals surface area contributed by atoms with Crippen LogP contribution in [0.5, 0.6) is 0 Å². The first kappa shape index (κ1) is 29.0. The number of esters is 3. The zero-order valence-electron chi connectivity index (χ0n) is 20.5. The van der Waals surface area contributed by atoms with Gasteiger partial charge >= 0.3 is 17.9 Å². The Balaban J connectivity index is 3.30. The SMILES string of the molecule is CCN(CC)C(=O)COC(=O)[C@H]1C(C(=O)OC)C(C(=O)OC)C1(C=O)OCC(=O)N(CC)CC. The molecule has 2 amide bonds. The Hall–Kier alpha value is -3.02. The van der Waals surface area contributed by atoms with Gasteiger partial charge in [0.25, 0.3) is 5.91 Å². The molecule has 0 N–H and O–H groups in total. The number of carbonyl (C=O) groups excluding carboxylic acids is 6. The molecule has 1 aliphatic carbocycles. The summed E-state index contributed by atoms with van der Waals surface area (Å²) in [5.41, 5.74) is -2.22. The summed E-state index contributed by atoms with van der Waals surface area (Å²) in [4.78, 5) is 77.8. The molecule has 0 aromatic rings. The van der Waals surface area contributed by atoms with E-state index in [9.17, 15) is 28.8 Å². The van der Waals surface area contributed by atoms with E-state index in [1.165, 1.54) is 9.80 Å². The van der Waals surface area contributed by atoms with Crippen LogP contribution in [0.1, 0.15) is 27.7 Å². The molecule has 0 heterocycles. The van der Waals surface area contributed by atoms with Gasteiger partial charge in [-0.25, -0.2) is 0 Å². The molecule has 192 valence electrons. The van der Waals surface area contributed by atoms with Crippen molar-refractivity contribution in [3.05, 3.63) is 0 Å². The zero-order valence-corrected chi connectivity index (χ0v) is 20.5. The molecular weight excluding hydrogens is 452 g/mol. The minimum Gasteiger partial charge on any atom is -0.469 e. The fourth-order valence-electron chi connectivity index (χ4n) is 4.13. The van der Waals surface area contributed by atoms with E-state index in [1.54, 1.807) is 27.7 Å². The monoisotopic (exact) mass is 486 g/mol. The van der Waals surface area contributed by atoms with Gasteiger partial charge in [-0.1, -0.05) is 0 Å². The van der Waals surface area contributed by atoms with E-state index in [0.29, 0.717) is 26.2 Å². The summed E-state index contributed by atoms with van der Waals surface area (Å²) >= 11 is 0. The van der Waals surface area contributed by atoms with Crippen LogP contribution in [0.3, 0.4) is 0 Å². The van der Waals surface area contributed by atoms with Gasteiger partial charge in [0.2, 0.25) is 5.91 Å². The average Bonchev–Trinajstić information content (AvgIpc) is 2.83. The van der Waals surface area contributed by atoms with E-state index in [1.807, 2.05) is 0 Å². The van der Waals surface area contributed by atoms with Crippen molar-refractivity contribution in [1.29, 1.82) is 0 Å². The molecule has 0 aromatic carbocycles. The third-order valence-electron chi connectivity index (χ3n) is 6.07. The number of nitrogens with zero attached hydrogens (tertiary/aromatic N) is 2. The zero-order chi connectivity index (χ0) is 26.1. The van der Waals surface area contributed by atoms with Crippen LogP contribution in [-0.4, -0.2) is 105 Å². The maximum absolute atomic E-state index is 13.0. The van der Waals surface area contributed by atoms with Crippen molar-refractivity contribution in [2.45, 2.75) is 33.3 Å². The highest BCUT2D eigenvalue weighted by Gasteiger charge is 2.73. The quantitative estimate of drug-likeness (QED) is 0.188. The predicted molar refractivity (Wildman–Crippen MR) is 116 cm³/mol. The van der Waals surface area contributed by atoms with E-state index in [-0.39, 0.29) is 6.29 Å². The average molecular weight is 487 g/mol. The predicted octanol–water partition coefficient (Wildman–Crippen LogP) is -0.571. The number of likely N-dealkylation sites (N-methyl/N-ethyl adjacent to an activating group) is 2. The Kier molecular flexibility index (Phi) is 11.1. The second-order valence-electron chi connectivity index (χ2n) is 7.53. The van der Waals surface area contributed by atoms with Crippen LogP contribution in [0.15, 0.2) is 0 Å². The molecule has 0 radical (unpaired) electrons. The van der Waals surface area contributed by atoms with Crippen LogP contribution in [-0.2, 0) is 47.7 Å². The normalized spacial score (nSPS) is 23.2. The lowest BCUT2D eigenvalue weighted by Crippen LogP contribution is -2.72. The van der Waals surface area contributed by atoms with E-state index < -0.39 is 66.3 Å². The largest absolute Gasteiger partial charge is 0.469 e. The number of amides is 2. The lowest BCUT2D eigenvalue weighted by Gasteiger charge is -2.52. The molecule has 1 rings (SSSR count). The van der Waals surface area contributed by atoms with E-state index in [2.05, 4.69) is 0 Å². The third-order valence-corrected chi connectivity index (χ3v) is 6.07. The van der Waals surface area contributed by atoms with Gasteiger partial charge in [0.15, 0.2) is 18.5 Å². The van der Waals surface area contributed by atoms with Gasteiger partial charge in [0, 0.05) is 26.2 Å². The van der Waals surface area contributed by atoms with Crippen molar-refractivity contribution in [3.63, 3.8) is 0 Å². The number of methoxy groups -OCH3 is 2. The topological polar surface area (TPSA) is 146 Å². The highest BCUT2D eigenvalue weighted by atomic mass is 16.6. The molecule has 1 saturated carbocycles. The molecular formula is C22H34N2O10. The van der Waals surface area contributed by atoms with E-state index >= 15 is 0 Å². The molecule has 12 heteroatoms. The first-order valence-corrected chi connectivity index (χ1v) is 11.1. The summed E-state index contributed by atoms with van der Waals surface area (Å²) in [6, 6.07) is 0. The fraction of sp³-hybridized carbons (Fsp3) is 0.727.